The van der Waals surface area contributed by atoms with Crippen molar-refractivity contribution < 1.29 is 4.79 Å². The van der Waals surface area contributed by atoms with Gasteiger partial charge >= 0.3 is 0 Å². The number of hydrogen-bond donors (Lipinski definition) is 1. The van der Waals surface area contributed by atoms with Crippen molar-refractivity contribution in [3.8, 4) is 6.07 Å². The first-order chi connectivity index (χ1) is 8.30. The molecule has 0 aromatic heterocycles. The number of nitriles is 1. The van der Waals surface area contributed by atoms with E-state index in [1.807, 2.05) is 6.07 Å². The predicted molar refractivity (Wildman–Crippen MR) is 72.0 cm³/mol. The second-order valence-electron chi connectivity index (χ2n) is 4.47. The number of amides is 1. The predicted octanol–water partition coefficient (Wildman–Crippen LogP) is 3.73. The van der Waals surface area contributed by atoms with Crippen LogP contribution < -0.4 is 5.32 Å². The normalized spacial score (nSPS) is 24.2. The molecule has 1 amide bonds. The molecule has 1 aliphatic carbocycles. The Kier molecular flexibility index (Phi) is 3.23. The lowest BCUT2D eigenvalue weighted by Gasteiger charge is -2.12. The van der Waals surface area contributed by atoms with Crippen LogP contribution in [0.4, 0.5) is 5.69 Å². The maximum absolute atomic E-state index is 12.0. The number of nitrogens with one attached hydrogen (secondary N) is 1. The minimum Gasteiger partial charge on any atom is -0.325 e. The Bertz CT molecular complexity index is 565. The Balaban J connectivity index is 2.14. The van der Waals surface area contributed by atoms with Crippen molar-refractivity contribution in [3.63, 3.8) is 0 Å². The molecule has 18 heavy (non-hydrogen) atoms. The summed E-state index contributed by atoms with van der Waals surface area (Å²) in [6.07, 6.45) is 0.416. The minimum atomic E-state index is -1.01. The molecule has 3 nitrogen and oxygen atoms in total. The summed E-state index contributed by atoms with van der Waals surface area (Å²) in [4.78, 5) is 12.0. The second-order valence-corrected chi connectivity index (χ2v) is 6.37. The number of benzene rings is 1. The van der Waals surface area contributed by atoms with E-state index in [0.717, 1.165) is 0 Å². The van der Waals surface area contributed by atoms with Crippen LogP contribution in [0, 0.1) is 16.7 Å². The van der Waals surface area contributed by atoms with Gasteiger partial charge < -0.3 is 5.32 Å². The van der Waals surface area contributed by atoms with Gasteiger partial charge in [-0.1, -0.05) is 11.6 Å². The minimum absolute atomic E-state index is 0.256. The fourth-order valence-electron chi connectivity index (χ4n) is 1.60. The van der Waals surface area contributed by atoms with Gasteiger partial charge in [-0.25, -0.2) is 0 Å². The highest BCUT2D eigenvalue weighted by Crippen LogP contribution is 2.64. The number of rotatable bonds is 2. The van der Waals surface area contributed by atoms with Crippen LogP contribution in [-0.4, -0.2) is 10.2 Å². The fraction of sp³-hybridized carbons (Fsp3) is 0.333. The summed E-state index contributed by atoms with van der Waals surface area (Å²) < 4.78 is -1.01. The number of halogens is 3. The molecule has 0 spiro atoms. The van der Waals surface area contributed by atoms with Crippen molar-refractivity contribution in [2.24, 2.45) is 5.41 Å². The van der Waals surface area contributed by atoms with Crippen LogP contribution in [0.5, 0.6) is 0 Å². The first kappa shape index (κ1) is 13.5. The topological polar surface area (TPSA) is 52.9 Å². The quantitative estimate of drug-likeness (QED) is 0.846. The number of alkyl halides is 2. The van der Waals surface area contributed by atoms with Gasteiger partial charge in [-0.3, -0.25) is 4.79 Å². The Hall–Kier alpha value is -0.950. The van der Waals surface area contributed by atoms with Gasteiger partial charge in [0.25, 0.3) is 0 Å². The molecule has 6 heteroatoms. The van der Waals surface area contributed by atoms with Gasteiger partial charge in [-0.05, 0) is 31.5 Å². The molecular weight excluding hydrogens is 295 g/mol. The van der Waals surface area contributed by atoms with Crippen LogP contribution in [0.25, 0.3) is 0 Å². The monoisotopic (exact) mass is 302 g/mol. The molecule has 1 fully saturated rings. The van der Waals surface area contributed by atoms with Crippen LogP contribution in [-0.2, 0) is 4.79 Å². The summed E-state index contributed by atoms with van der Waals surface area (Å²) in [6.45, 7) is 1.70. The highest BCUT2D eigenvalue weighted by molar-refractivity contribution is 6.53. The standard InChI is InChI=1S/C12H9Cl3N2O/c1-11(6-12(11,14)15)10(18)17-8-3-2-7(5-16)9(13)4-8/h2-4H,6H2,1H3,(H,17,18). The number of hydrogen-bond acceptors (Lipinski definition) is 2. The Labute approximate surface area is 120 Å². The average Bonchev–Trinajstić information content (AvgIpc) is 2.80. The largest absolute Gasteiger partial charge is 0.325 e. The SMILES string of the molecule is CC1(C(=O)Nc2ccc(C#N)c(Cl)c2)CC1(Cl)Cl. The van der Waals surface area contributed by atoms with Crippen molar-refractivity contribution in [2.75, 3.05) is 5.32 Å². The van der Waals surface area contributed by atoms with Crippen LogP contribution in [0.1, 0.15) is 18.9 Å². The van der Waals surface area contributed by atoms with Crippen molar-refractivity contribution >= 4 is 46.4 Å². The van der Waals surface area contributed by atoms with Gasteiger partial charge in [-0.2, -0.15) is 5.26 Å². The van der Waals surface area contributed by atoms with Gasteiger partial charge in [0.15, 0.2) is 0 Å². The Morgan fingerprint density at radius 3 is 2.56 bits per heavy atom. The summed E-state index contributed by atoms with van der Waals surface area (Å²) in [6, 6.07) is 6.62. The molecule has 0 heterocycles. The maximum atomic E-state index is 12.0. The number of carbonyl (C=O) groups is 1. The van der Waals surface area contributed by atoms with Gasteiger partial charge in [-0.15, -0.1) is 23.2 Å². The average molecular weight is 304 g/mol. The van der Waals surface area contributed by atoms with Crippen LogP contribution >= 0.6 is 34.8 Å². The lowest BCUT2D eigenvalue weighted by molar-refractivity contribution is -0.120. The first-order valence-corrected chi connectivity index (χ1v) is 6.32. The number of nitrogens with zero attached hydrogens (tertiary/aromatic N) is 1. The summed E-state index contributed by atoms with van der Waals surface area (Å²) in [5.74, 6) is -0.256. The second kappa shape index (κ2) is 4.31. The summed E-state index contributed by atoms with van der Waals surface area (Å²) >= 11 is 17.7. The third-order valence-electron chi connectivity index (χ3n) is 3.11. The van der Waals surface area contributed by atoms with Crippen molar-refractivity contribution in [1.29, 1.82) is 5.26 Å². The highest BCUT2D eigenvalue weighted by atomic mass is 35.5. The van der Waals surface area contributed by atoms with E-state index < -0.39 is 9.75 Å². The van der Waals surface area contributed by atoms with E-state index >= 15 is 0 Å². The molecule has 1 N–H and O–H groups in total. The molecular formula is C12H9Cl3N2O. The van der Waals surface area contributed by atoms with E-state index in [0.29, 0.717) is 22.7 Å². The van der Waals surface area contributed by atoms with Crippen LogP contribution in [0.15, 0.2) is 18.2 Å². The Morgan fingerprint density at radius 1 is 1.50 bits per heavy atom. The lowest BCUT2D eigenvalue weighted by atomic mass is 10.1. The summed E-state index contributed by atoms with van der Waals surface area (Å²) in [7, 11) is 0. The molecule has 0 saturated heterocycles. The fourth-order valence-corrected chi connectivity index (χ4v) is 2.53. The molecule has 94 valence electrons. The van der Waals surface area contributed by atoms with E-state index in [1.165, 1.54) is 6.07 Å². The van der Waals surface area contributed by atoms with E-state index in [-0.39, 0.29) is 5.91 Å². The Morgan fingerprint density at radius 2 is 2.11 bits per heavy atom. The van der Waals surface area contributed by atoms with E-state index in [2.05, 4.69) is 5.32 Å². The van der Waals surface area contributed by atoms with E-state index in [9.17, 15) is 4.79 Å². The smallest absolute Gasteiger partial charge is 0.233 e. The van der Waals surface area contributed by atoms with Gasteiger partial charge in [0.2, 0.25) is 5.91 Å². The molecule has 1 aromatic rings. The third-order valence-corrected chi connectivity index (χ3v) is 4.52. The van der Waals surface area contributed by atoms with Gasteiger partial charge in [0, 0.05) is 5.69 Å². The summed E-state index contributed by atoms with van der Waals surface area (Å²) in [5, 5.41) is 11.7. The molecule has 0 aliphatic heterocycles. The molecule has 1 aliphatic rings. The molecule has 0 radical (unpaired) electrons. The molecule has 2 rings (SSSR count). The molecule has 1 unspecified atom stereocenters. The maximum Gasteiger partial charge on any atom is 0.233 e. The van der Waals surface area contributed by atoms with Gasteiger partial charge in [0.05, 0.1) is 16.0 Å². The molecule has 1 aromatic carbocycles. The van der Waals surface area contributed by atoms with Crippen molar-refractivity contribution in [2.45, 2.75) is 17.7 Å². The lowest BCUT2D eigenvalue weighted by Crippen LogP contribution is -2.25. The molecule has 1 saturated carbocycles. The zero-order valence-corrected chi connectivity index (χ0v) is 11.7. The number of carbonyl (C=O) groups excluding carboxylic acids is 1. The summed E-state index contributed by atoms with van der Waals surface area (Å²) in [5.41, 5.74) is 0.0915. The van der Waals surface area contributed by atoms with E-state index in [1.54, 1.807) is 19.1 Å². The van der Waals surface area contributed by atoms with Crippen molar-refractivity contribution in [1.82, 2.24) is 0 Å². The van der Waals surface area contributed by atoms with Gasteiger partial charge in [0.1, 0.15) is 10.4 Å². The highest BCUT2D eigenvalue weighted by Gasteiger charge is 2.67. The van der Waals surface area contributed by atoms with Crippen molar-refractivity contribution in [3.05, 3.63) is 28.8 Å². The molecule has 0 bridgehead atoms. The first-order valence-electron chi connectivity index (χ1n) is 5.19. The van der Waals surface area contributed by atoms with Crippen LogP contribution in [0.2, 0.25) is 5.02 Å². The third kappa shape index (κ3) is 2.16. The molecule has 1 atom stereocenters. The zero-order chi connectivity index (χ0) is 13.6. The van der Waals surface area contributed by atoms with Crippen LogP contribution in [0.3, 0.4) is 0 Å². The zero-order valence-electron chi connectivity index (χ0n) is 9.43. The number of anilines is 1. The van der Waals surface area contributed by atoms with E-state index in [4.69, 9.17) is 40.1 Å².